The van der Waals surface area contributed by atoms with E-state index in [0.717, 1.165) is 44.0 Å². The molecule has 0 bridgehead atoms. The zero-order valence-corrected chi connectivity index (χ0v) is 18.0. The molecule has 0 aromatic heterocycles. The normalized spacial score (nSPS) is 14.6. The highest BCUT2D eigenvalue weighted by molar-refractivity contribution is 7.99. The van der Waals surface area contributed by atoms with Crippen LogP contribution in [0.25, 0.3) is 0 Å². The third-order valence-electron chi connectivity index (χ3n) is 5.29. The molecule has 1 amide bonds. The predicted octanol–water partition coefficient (Wildman–Crippen LogP) is 2.06. The van der Waals surface area contributed by atoms with E-state index in [1.54, 1.807) is 31.9 Å². The van der Waals surface area contributed by atoms with Crippen LogP contribution in [0.4, 0.5) is 0 Å². The maximum atomic E-state index is 12.6. The molecule has 1 saturated heterocycles. The molecule has 0 radical (unpaired) electrons. The van der Waals surface area contributed by atoms with Gasteiger partial charge in [0.05, 0.1) is 39.0 Å². The summed E-state index contributed by atoms with van der Waals surface area (Å²) >= 11 is 1.57. The molecule has 0 aliphatic carbocycles. The first-order valence-electron chi connectivity index (χ1n) is 9.97. The van der Waals surface area contributed by atoms with Crippen LogP contribution >= 0.6 is 11.8 Å². The fourth-order valence-electron chi connectivity index (χ4n) is 3.58. The molecule has 1 fully saturated rings. The Bertz CT molecular complexity index is 833. The van der Waals surface area contributed by atoms with Gasteiger partial charge in [-0.3, -0.25) is 9.59 Å². The second kappa shape index (κ2) is 10.5. The van der Waals surface area contributed by atoms with Crippen molar-refractivity contribution in [3.8, 4) is 5.75 Å². The number of hydrogen-bond donors (Lipinski definition) is 1. The minimum absolute atomic E-state index is 0.0332. The molecule has 0 spiro atoms. The number of piperazine rings is 1. The molecule has 2 aromatic carbocycles. The number of Topliss-reactive ketones (excluding diaryl/α,β-unsaturated/α-hetero) is 1. The van der Waals surface area contributed by atoms with Gasteiger partial charge in [0.1, 0.15) is 12.3 Å². The van der Waals surface area contributed by atoms with Crippen molar-refractivity contribution >= 4 is 23.5 Å². The summed E-state index contributed by atoms with van der Waals surface area (Å²) in [5.74, 6) is 2.07. The number of carbonyl (C=O) groups excluding carboxylic acids is 2. The van der Waals surface area contributed by atoms with Gasteiger partial charge in [-0.25, -0.2) is 0 Å². The Labute approximate surface area is 177 Å². The first kappa shape index (κ1) is 21.4. The van der Waals surface area contributed by atoms with Crippen LogP contribution in [0.1, 0.15) is 28.4 Å². The SMILES string of the molecule is COc1ccc(C(C)=O)cc1CSCC(=O)N1CC[NH+](Cc2ccccc2)CC1. The van der Waals surface area contributed by atoms with Crippen LogP contribution in [0, 0.1) is 0 Å². The molecule has 5 nitrogen and oxygen atoms in total. The van der Waals surface area contributed by atoms with Crippen LogP contribution in [-0.2, 0) is 17.1 Å². The third kappa shape index (κ3) is 6.08. The van der Waals surface area contributed by atoms with Gasteiger partial charge >= 0.3 is 0 Å². The summed E-state index contributed by atoms with van der Waals surface area (Å²) in [6, 6.07) is 16.0. The number of nitrogens with one attached hydrogen (secondary N) is 1. The van der Waals surface area contributed by atoms with Crippen molar-refractivity contribution in [2.75, 3.05) is 39.0 Å². The van der Waals surface area contributed by atoms with Gasteiger partial charge in [0.2, 0.25) is 5.91 Å². The molecule has 3 rings (SSSR count). The summed E-state index contributed by atoms with van der Waals surface area (Å²) in [7, 11) is 1.62. The summed E-state index contributed by atoms with van der Waals surface area (Å²) in [5, 5.41) is 0. The van der Waals surface area contributed by atoms with E-state index >= 15 is 0 Å². The molecule has 1 aliphatic rings. The Morgan fingerprint density at radius 3 is 2.48 bits per heavy atom. The van der Waals surface area contributed by atoms with Crippen LogP contribution in [0.15, 0.2) is 48.5 Å². The largest absolute Gasteiger partial charge is 0.496 e. The molecular formula is C23H29N2O3S+. The summed E-state index contributed by atoms with van der Waals surface area (Å²) in [6.07, 6.45) is 0. The lowest BCUT2D eigenvalue weighted by atomic mass is 10.1. The Kier molecular flexibility index (Phi) is 7.72. The van der Waals surface area contributed by atoms with Gasteiger partial charge in [-0.15, -0.1) is 11.8 Å². The minimum atomic E-state index is 0.0332. The number of benzene rings is 2. The number of nitrogens with zero attached hydrogens (tertiary/aromatic N) is 1. The molecule has 1 heterocycles. The van der Waals surface area contributed by atoms with Gasteiger partial charge in [0.15, 0.2) is 5.78 Å². The number of carbonyl (C=O) groups is 2. The van der Waals surface area contributed by atoms with E-state index < -0.39 is 0 Å². The topological polar surface area (TPSA) is 51.1 Å². The number of ketones is 1. The van der Waals surface area contributed by atoms with Crippen molar-refractivity contribution in [1.82, 2.24) is 4.90 Å². The molecule has 2 aromatic rings. The van der Waals surface area contributed by atoms with Crippen LogP contribution in [0.3, 0.4) is 0 Å². The second-order valence-corrected chi connectivity index (χ2v) is 8.35. The van der Waals surface area contributed by atoms with Crippen LogP contribution < -0.4 is 9.64 Å². The lowest BCUT2D eigenvalue weighted by molar-refractivity contribution is -0.917. The standard InChI is InChI=1S/C23H28N2O3S/c1-18(26)20-8-9-22(28-2)21(14-20)16-29-17-23(27)25-12-10-24(11-13-25)15-19-6-4-3-5-7-19/h3-9,14H,10-13,15-17H2,1-2H3/p+1. The summed E-state index contributed by atoms with van der Waals surface area (Å²) in [4.78, 5) is 27.7. The Hall–Kier alpha value is -2.31. The van der Waals surface area contributed by atoms with E-state index in [2.05, 4.69) is 24.3 Å². The molecular weight excluding hydrogens is 384 g/mol. The molecule has 1 N–H and O–H groups in total. The Morgan fingerprint density at radius 1 is 1.10 bits per heavy atom. The molecule has 1 aliphatic heterocycles. The average Bonchev–Trinajstić information content (AvgIpc) is 2.74. The van der Waals surface area contributed by atoms with E-state index in [4.69, 9.17) is 4.74 Å². The highest BCUT2D eigenvalue weighted by Crippen LogP contribution is 2.25. The van der Waals surface area contributed by atoms with Gasteiger partial charge < -0.3 is 14.5 Å². The van der Waals surface area contributed by atoms with Gasteiger partial charge in [-0.1, -0.05) is 30.3 Å². The highest BCUT2D eigenvalue weighted by Gasteiger charge is 2.23. The summed E-state index contributed by atoms with van der Waals surface area (Å²) < 4.78 is 5.39. The highest BCUT2D eigenvalue weighted by atomic mass is 32.2. The van der Waals surface area contributed by atoms with Gasteiger partial charge in [0, 0.05) is 22.4 Å². The first-order chi connectivity index (χ1) is 14.1. The molecule has 154 valence electrons. The molecule has 0 saturated carbocycles. The summed E-state index contributed by atoms with van der Waals surface area (Å²) in [6.45, 7) is 6.17. The van der Waals surface area contributed by atoms with Crippen molar-refractivity contribution in [2.45, 2.75) is 19.2 Å². The number of rotatable bonds is 8. The summed E-state index contributed by atoms with van der Waals surface area (Å²) in [5.41, 5.74) is 2.97. The molecule has 0 atom stereocenters. The van der Waals surface area contributed by atoms with E-state index in [0.29, 0.717) is 17.1 Å². The number of thioether (sulfide) groups is 1. The lowest BCUT2D eigenvalue weighted by Gasteiger charge is -2.32. The average molecular weight is 414 g/mol. The fraction of sp³-hybridized carbons (Fsp3) is 0.391. The zero-order valence-electron chi connectivity index (χ0n) is 17.1. The van der Waals surface area contributed by atoms with Crippen molar-refractivity contribution in [2.24, 2.45) is 0 Å². The maximum absolute atomic E-state index is 12.6. The van der Waals surface area contributed by atoms with Crippen molar-refractivity contribution in [3.05, 3.63) is 65.2 Å². The smallest absolute Gasteiger partial charge is 0.232 e. The number of ether oxygens (including phenoxy) is 1. The minimum Gasteiger partial charge on any atom is -0.496 e. The van der Waals surface area contributed by atoms with Crippen LogP contribution in [0.2, 0.25) is 0 Å². The second-order valence-electron chi connectivity index (χ2n) is 7.37. The maximum Gasteiger partial charge on any atom is 0.232 e. The quantitative estimate of drug-likeness (QED) is 0.673. The Balaban J connectivity index is 1.45. The number of amides is 1. The predicted molar refractivity (Wildman–Crippen MR) is 117 cm³/mol. The van der Waals surface area contributed by atoms with Gasteiger partial charge in [-0.05, 0) is 25.1 Å². The number of quaternary nitrogens is 1. The number of methoxy groups -OCH3 is 1. The Morgan fingerprint density at radius 2 is 1.83 bits per heavy atom. The van der Waals surface area contributed by atoms with E-state index in [-0.39, 0.29) is 11.7 Å². The molecule has 29 heavy (non-hydrogen) atoms. The van der Waals surface area contributed by atoms with E-state index in [1.165, 1.54) is 10.5 Å². The molecule has 6 heteroatoms. The molecule has 0 unspecified atom stereocenters. The van der Waals surface area contributed by atoms with E-state index in [9.17, 15) is 9.59 Å². The van der Waals surface area contributed by atoms with Gasteiger partial charge in [-0.2, -0.15) is 0 Å². The van der Waals surface area contributed by atoms with Crippen molar-refractivity contribution in [3.63, 3.8) is 0 Å². The first-order valence-corrected chi connectivity index (χ1v) is 11.1. The van der Waals surface area contributed by atoms with Gasteiger partial charge in [0.25, 0.3) is 0 Å². The van der Waals surface area contributed by atoms with Crippen molar-refractivity contribution in [1.29, 1.82) is 0 Å². The van der Waals surface area contributed by atoms with E-state index in [1.807, 2.05) is 23.1 Å². The number of hydrogen-bond acceptors (Lipinski definition) is 4. The fourth-order valence-corrected chi connectivity index (χ4v) is 4.49. The third-order valence-corrected chi connectivity index (χ3v) is 6.26. The van der Waals surface area contributed by atoms with Crippen molar-refractivity contribution < 1.29 is 19.2 Å². The lowest BCUT2D eigenvalue weighted by Crippen LogP contribution is -3.13. The monoisotopic (exact) mass is 413 g/mol. The van der Waals surface area contributed by atoms with Crippen LogP contribution in [-0.4, -0.2) is 55.6 Å². The zero-order chi connectivity index (χ0) is 20.6. The van der Waals surface area contributed by atoms with Crippen LogP contribution in [0.5, 0.6) is 5.75 Å².